The second-order valence-electron chi connectivity index (χ2n) is 5.09. The molecule has 0 aromatic heterocycles. The van der Waals surface area contributed by atoms with Gasteiger partial charge >= 0.3 is 6.18 Å². The van der Waals surface area contributed by atoms with Crippen molar-refractivity contribution in [2.75, 3.05) is 12.4 Å². The number of benzene rings is 2. The Hall–Kier alpha value is -3.47. The summed E-state index contributed by atoms with van der Waals surface area (Å²) in [7, 11) is 1.48. The molecule has 134 valence electrons. The first-order valence-corrected chi connectivity index (χ1v) is 7.22. The summed E-state index contributed by atoms with van der Waals surface area (Å²) in [4.78, 5) is 12.2. The summed E-state index contributed by atoms with van der Waals surface area (Å²) in [5.41, 5.74) is -1.26. The van der Waals surface area contributed by atoms with Crippen molar-refractivity contribution in [3.05, 3.63) is 65.2 Å². The minimum atomic E-state index is -4.53. The van der Waals surface area contributed by atoms with E-state index in [-0.39, 0.29) is 5.56 Å². The fraction of sp³-hybridized carbons (Fsp3) is 0.111. The molecule has 0 atom stereocenters. The van der Waals surface area contributed by atoms with Gasteiger partial charge in [-0.2, -0.15) is 18.4 Å². The van der Waals surface area contributed by atoms with E-state index < -0.39 is 29.0 Å². The number of carbonyl (C=O) groups is 1. The summed E-state index contributed by atoms with van der Waals surface area (Å²) in [6.45, 7) is 0. The van der Waals surface area contributed by atoms with Gasteiger partial charge in [0.1, 0.15) is 17.6 Å². The molecule has 2 rings (SSSR count). The molecule has 0 unspecified atom stereocenters. The van der Waals surface area contributed by atoms with Gasteiger partial charge in [-0.1, -0.05) is 12.1 Å². The molecule has 0 bridgehead atoms. The van der Waals surface area contributed by atoms with Crippen LogP contribution in [-0.2, 0) is 11.0 Å². The van der Waals surface area contributed by atoms with E-state index in [4.69, 9.17) is 10.00 Å². The van der Waals surface area contributed by atoms with Crippen LogP contribution in [-0.4, -0.2) is 18.1 Å². The minimum Gasteiger partial charge on any atom is -0.506 e. The topological polar surface area (TPSA) is 82.3 Å². The smallest absolute Gasteiger partial charge is 0.416 e. The first-order valence-electron chi connectivity index (χ1n) is 7.22. The van der Waals surface area contributed by atoms with Crippen molar-refractivity contribution in [2.24, 2.45) is 0 Å². The zero-order valence-electron chi connectivity index (χ0n) is 13.5. The maximum atomic E-state index is 12.6. The predicted molar refractivity (Wildman–Crippen MR) is 88.2 cm³/mol. The number of anilines is 1. The molecule has 0 radical (unpaired) electrons. The lowest BCUT2D eigenvalue weighted by Gasteiger charge is -2.09. The fourth-order valence-corrected chi connectivity index (χ4v) is 2.04. The van der Waals surface area contributed by atoms with E-state index >= 15 is 0 Å². The number of nitrogens with zero attached hydrogens (tertiary/aromatic N) is 1. The molecule has 0 saturated carbocycles. The van der Waals surface area contributed by atoms with Crippen molar-refractivity contribution >= 4 is 17.4 Å². The van der Waals surface area contributed by atoms with Gasteiger partial charge in [0.2, 0.25) is 0 Å². The average molecular weight is 362 g/mol. The normalized spacial score (nSPS) is 12.0. The number of hydrogen-bond acceptors (Lipinski definition) is 4. The summed E-state index contributed by atoms with van der Waals surface area (Å²) in [5.74, 6) is -1.05. The van der Waals surface area contributed by atoms with Crippen LogP contribution in [0.3, 0.4) is 0 Å². The van der Waals surface area contributed by atoms with Crippen molar-refractivity contribution in [1.82, 2.24) is 0 Å². The van der Waals surface area contributed by atoms with Crippen molar-refractivity contribution < 1.29 is 27.8 Å². The Morgan fingerprint density at radius 3 is 2.15 bits per heavy atom. The number of amides is 1. The van der Waals surface area contributed by atoms with E-state index in [1.807, 2.05) is 0 Å². The summed E-state index contributed by atoms with van der Waals surface area (Å²) in [6, 6.07) is 11.3. The quantitative estimate of drug-likeness (QED) is 0.486. The van der Waals surface area contributed by atoms with Gasteiger partial charge in [-0.3, -0.25) is 4.79 Å². The average Bonchev–Trinajstić information content (AvgIpc) is 2.62. The summed E-state index contributed by atoms with van der Waals surface area (Å²) in [6.07, 6.45) is -4.53. The maximum Gasteiger partial charge on any atom is 0.416 e. The Kier molecular flexibility index (Phi) is 5.52. The lowest BCUT2D eigenvalue weighted by molar-refractivity contribution is -0.137. The third kappa shape index (κ3) is 4.33. The van der Waals surface area contributed by atoms with E-state index in [2.05, 4.69) is 5.32 Å². The third-order valence-corrected chi connectivity index (χ3v) is 3.41. The number of hydrogen-bond donors (Lipinski definition) is 2. The molecule has 0 aliphatic heterocycles. The third-order valence-electron chi connectivity index (χ3n) is 3.41. The van der Waals surface area contributed by atoms with E-state index in [0.29, 0.717) is 11.4 Å². The van der Waals surface area contributed by atoms with Gasteiger partial charge < -0.3 is 15.2 Å². The van der Waals surface area contributed by atoms with Crippen LogP contribution < -0.4 is 10.1 Å². The highest BCUT2D eigenvalue weighted by Crippen LogP contribution is 2.30. The van der Waals surface area contributed by atoms with E-state index in [1.54, 1.807) is 18.2 Å². The van der Waals surface area contributed by atoms with Gasteiger partial charge in [0, 0.05) is 11.3 Å². The maximum absolute atomic E-state index is 12.6. The van der Waals surface area contributed by atoms with Crippen LogP contribution in [0, 0.1) is 11.3 Å². The van der Waals surface area contributed by atoms with Gasteiger partial charge in [0.25, 0.3) is 5.91 Å². The fourth-order valence-electron chi connectivity index (χ4n) is 2.04. The van der Waals surface area contributed by atoms with Crippen LogP contribution in [0.5, 0.6) is 5.75 Å². The Morgan fingerprint density at radius 1 is 1.12 bits per heavy atom. The van der Waals surface area contributed by atoms with Crippen molar-refractivity contribution in [2.45, 2.75) is 6.18 Å². The van der Waals surface area contributed by atoms with Crippen LogP contribution in [0.4, 0.5) is 18.9 Å². The molecule has 0 spiro atoms. The Labute approximate surface area is 146 Å². The Bertz CT molecular complexity index is 865. The minimum absolute atomic E-state index is 0.0839. The van der Waals surface area contributed by atoms with Crippen LogP contribution in [0.15, 0.2) is 54.1 Å². The molecule has 26 heavy (non-hydrogen) atoms. The number of carbonyl (C=O) groups excluding carboxylic acids is 1. The molecule has 2 aromatic carbocycles. The lowest BCUT2D eigenvalue weighted by atomic mass is 10.1. The monoisotopic (exact) mass is 362 g/mol. The zero-order valence-corrected chi connectivity index (χ0v) is 13.5. The number of nitrogens with one attached hydrogen (secondary N) is 1. The van der Waals surface area contributed by atoms with E-state index in [1.165, 1.54) is 19.2 Å². The van der Waals surface area contributed by atoms with Crippen molar-refractivity contribution in [1.29, 1.82) is 5.26 Å². The zero-order chi connectivity index (χ0) is 19.3. The van der Waals surface area contributed by atoms with E-state index in [9.17, 15) is 23.1 Å². The SMILES string of the molecule is COc1ccc(NC(=O)/C(C#N)=C(\O)c2ccc(C(F)(F)F)cc2)cc1. The summed E-state index contributed by atoms with van der Waals surface area (Å²) < 4.78 is 42.7. The predicted octanol–water partition coefficient (Wildman–Crippen LogP) is 4.15. The molecule has 0 fully saturated rings. The first kappa shape index (κ1) is 18.9. The first-order chi connectivity index (χ1) is 12.3. The molecule has 5 nitrogen and oxygen atoms in total. The second kappa shape index (κ2) is 7.61. The number of ether oxygens (including phenoxy) is 1. The van der Waals surface area contributed by atoms with Crippen LogP contribution in [0.25, 0.3) is 5.76 Å². The molecule has 1 amide bonds. The highest BCUT2D eigenvalue weighted by atomic mass is 19.4. The lowest BCUT2D eigenvalue weighted by Crippen LogP contribution is -2.15. The second-order valence-corrected chi connectivity index (χ2v) is 5.09. The van der Waals surface area contributed by atoms with Gasteiger partial charge in [-0.05, 0) is 36.4 Å². The van der Waals surface area contributed by atoms with Crippen molar-refractivity contribution in [3.63, 3.8) is 0 Å². The van der Waals surface area contributed by atoms with Gasteiger partial charge in [0.15, 0.2) is 5.57 Å². The highest BCUT2D eigenvalue weighted by Gasteiger charge is 2.30. The molecule has 0 aliphatic rings. The standard InChI is InChI=1S/C18H13F3N2O3/c1-26-14-8-6-13(7-9-14)23-17(25)15(10-22)16(24)11-2-4-12(5-3-11)18(19,20)21/h2-9,24H,1H3,(H,23,25)/b16-15-. The van der Waals surface area contributed by atoms with Gasteiger partial charge in [0.05, 0.1) is 12.7 Å². The molecule has 2 N–H and O–H groups in total. The molecule has 2 aromatic rings. The molecule has 0 aliphatic carbocycles. The molecule has 0 saturated heterocycles. The number of alkyl halides is 3. The number of methoxy groups -OCH3 is 1. The number of aliphatic hydroxyl groups is 1. The van der Waals surface area contributed by atoms with E-state index in [0.717, 1.165) is 24.3 Å². The van der Waals surface area contributed by atoms with Gasteiger partial charge in [-0.15, -0.1) is 0 Å². The molecular weight excluding hydrogens is 349 g/mol. The van der Waals surface area contributed by atoms with Crippen molar-refractivity contribution in [3.8, 4) is 11.8 Å². The number of nitriles is 1. The highest BCUT2D eigenvalue weighted by molar-refractivity contribution is 6.10. The Balaban J connectivity index is 2.26. The number of aliphatic hydroxyl groups excluding tert-OH is 1. The summed E-state index contributed by atoms with van der Waals surface area (Å²) >= 11 is 0. The van der Waals surface area contributed by atoms with Crippen LogP contribution in [0.2, 0.25) is 0 Å². The molecular formula is C18H13F3N2O3. The van der Waals surface area contributed by atoms with Crippen LogP contribution in [0.1, 0.15) is 11.1 Å². The summed E-state index contributed by atoms with van der Waals surface area (Å²) in [5, 5.41) is 21.7. The number of halogens is 3. The molecule has 0 heterocycles. The number of rotatable bonds is 4. The van der Waals surface area contributed by atoms with Crippen LogP contribution >= 0.6 is 0 Å². The van der Waals surface area contributed by atoms with Gasteiger partial charge in [-0.25, -0.2) is 0 Å². The molecule has 8 heteroatoms. The largest absolute Gasteiger partial charge is 0.506 e. The Morgan fingerprint density at radius 2 is 1.69 bits per heavy atom.